The molecule has 2 heterocycles. The monoisotopic (exact) mass is 607 g/mol. The van der Waals surface area contributed by atoms with Gasteiger partial charge in [-0.2, -0.15) is 0 Å². The van der Waals surface area contributed by atoms with Crippen molar-refractivity contribution >= 4 is 40.7 Å². The molecule has 0 aliphatic carbocycles. The molecule has 1 aliphatic rings. The van der Waals surface area contributed by atoms with Gasteiger partial charge in [0.25, 0.3) is 11.8 Å². The third-order valence-electron chi connectivity index (χ3n) is 7.27. The molecule has 3 aromatic carbocycles. The topological polar surface area (TPSA) is 93.0 Å². The quantitative estimate of drug-likeness (QED) is 0.162. The van der Waals surface area contributed by atoms with E-state index in [-0.39, 0.29) is 25.2 Å². The van der Waals surface area contributed by atoms with Gasteiger partial charge in [-0.1, -0.05) is 41.4 Å². The number of carbonyl (C=O) groups excluding carboxylic acids is 2. The van der Waals surface area contributed by atoms with Crippen LogP contribution in [0.3, 0.4) is 0 Å². The van der Waals surface area contributed by atoms with E-state index in [4.69, 9.17) is 37.9 Å². The smallest absolute Gasteiger partial charge is 0.274 e. The van der Waals surface area contributed by atoms with E-state index in [0.29, 0.717) is 32.5 Å². The van der Waals surface area contributed by atoms with Crippen LogP contribution < -0.4 is 15.1 Å². The highest BCUT2D eigenvalue weighted by atomic mass is 35.5. The first kappa shape index (κ1) is 29.7. The van der Waals surface area contributed by atoms with Gasteiger partial charge in [-0.3, -0.25) is 19.3 Å². The number of aromatic nitrogens is 1. The molecular weight excluding hydrogens is 577 g/mol. The van der Waals surface area contributed by atoms with Crippen LogP contribution in [0.5, 0.6) is 5.75 Å². The van der Waals surface area contributed by atoms with Crippen LogP contribution in [0, 0.1) is 6.92 Å². The number of aliphatic hydroxyl groups is 1. The Balaban J connectivity index is 1.72. The second-order valence-electron chi connectivity index (χ2n) is 10.3. The second kappa shape index (κ2) is 12.2. The van der Waals surface area contributed by atoms with Crippen molar-refractivity contribution in [1.82, 2.24) is 10.0 Å². The summed E-state index contributed by atoms with van der Waals surface area (Å²) in [5.41, 5.74) is 7.92. The normalized spacial score (nSPS) is 14.4. The summed E-state index contributed by atoms with van der Waals surface area (Å²) < 4.78 is 7.82. The van der Waals surface area contributed by atoms with Crippen LogP contribution in [0.1, 0.15) is 63.5 Å². The van der Waals surface area contributed by atoms with Crippen LogP contribution in [0.4, 0.5) is 5.69 Å². The summed E-state index contributed by atoms with van der Waals surface area (Å²) in [6.45, 7) is 5.79. The van der Waals surface area contributed by atoms with E-state index in [9.17, 15) is 9.59 Å². The number of aryl methyl sites for hydroxylation is 1. The van der Waals surface area contributed by atoms with E-state index >= 15 is 0 Å². The largest absolute Gasteiger partial charge is 0.496 e. The van der Waals surface area contributed by atoms with Crippen LogP contribution in [0.15, 0.2) is 66.7 Å². The van der Waals surface area contributed by atoms with Crippen LogP contribution in [0.25, 0.3) is 11.3 Å². The number of hydrogen-bond acceptors (Lipinski definition) is 5. The fourth-order valence-electron chi connectivity index (χ4n) is 5.44. The fraction of sp³-hybridized carbons (Fsp3) is 0.250. The Hall–Kier alpha value is -3.82. The molecule has 0 bridgehead atoms. The highest BCUT2D eigenvalue weighted by Crippen LogP contribution is 2.48. The number of aliphatic hydroxyl groups excluding tert-OH is 1. The molecule has 42 heavy (non-hydrogen) atoms. The molecule has 5 rings (SSSR count). The second-order valence-corrected chi connectivity index (χ2v) is 11.1. The third kappa shape index (κ3) is 5.39. The minimum Gasteiger partial charge on any atom is -0.496 e. The first-order valence-corrected chi connectivity index (χ1v) is 14.2. The van der Waals surface area contributed by atoms with E-state index in [1.165, 1.54) is 0 Å². The van der Waals surface area contributed by atoms with Gasteiger partial charge in [0.15, 0.2) is 0 Å². The number of fused-ring (bicyclic) bond motifs is 1. The van der Waals surface area contributed by atoms with Gasteiger partial charge in [-0.25, -0.2) is 5.48 Å². The molecule has 1 aromatic heterocycles. The summed E-state index contributed by atoms with van der Waals surface area (Å²) in [5, 5.41) is 10.1. The molecule has 218 valence electrons. The molecule has 0 spiro atoms. The Morgan fingerprint density at radius 1 is 1.00 bits per heavy atom. The molecule has 2 amide bonds. The summed E-state index contributed by atoms with van der Waals surface area (Å²) in [5.74, 6) is -0.0968. The number of methoxy groups -OCH3 is 1. The van der Waals surface area contributed by atoms with Gasteiger partial charge in [-0.15, -0.1) is 0 Å². The highest BCUT2D eigenvalue weighted by Gasteiger charge is 2.44. The van der Waals surface area contributed by atoms with Crippen molar-refractivity contribution in [3.8, 4) is 17.0 Å². The molecule has 1 atom stereocenters. The number of anilines is 1. The zero-order chi connectivity index (χ0) is 30.1. The highest BCUT2D eigenvalue weighted by molar-refractivity contribution is 6.31. The average molecular weight is 609 g/mol. The molecule has 2 N–H and O–H groups in total. The number of carbonyl (C=O) groups is 2. The van der Waals surface area contributed by atoms with E-state index < -0.39 is 11.9 Å². The maximum absolute atomic E-state index is 14.3. The van der Waals surface area contributed by atoms with Crippen LogP contribution in [0.2, 0.25) is 10.0 Å². The van der Waals surface area contributed by atoms with Gasteiger partial charge in [0.05, 0.1) is 37.3 Å². The number of hydrogen-bond donors (Lipinski definition) is 2. The zero-order valence-corrected chi connectivity index (χ0v) is 25.2. The SMILES string of the molecule is COc1ccc(C(=O)NOCCO)cc1-c1cc2c(n1C(C)C)C(c1ccc(Cl)cc1)N(c1cc(Cl)ccc1C)C2=O. The minimum absolute atomic E-state index is 0.0333. The Morgan fingerprint density at radius 2 is 1.71 bits per heavy atom. The van der Waals surface area contributed by atoms with E-state index in [1.54, 1.807) is 30.2 Å². The summed E-state index contributed by atoms with van der Waals surface area (Å²) in [6, 6.07) is 19.4. The number of nitrogens with one attached hydrogen (secondary N) is 1. The number of benzene rings is 3. The van der Waals surface area contributed by atoms with E-state index in [2.05, 4.69) is 10.0 Å². The summed E-state index contributed by atoms with van der Waals surface area (Å²) in [6.07, 6.45) is 0. The lowest BCUT2D eigenvalue weighted by Gasteiger charge is -2.30. The van der Waals surface area contributed by atoms with Crippen LogP contribution >= 0.6 is 23.2 Å². The van der Waals surface area contributed by atoms with Gasteiger partial charge < -0.3 is 14.4 Å². The van der Waals surface area contributed by atoms with Crippen molar-refractivity contribution < 1.29 is 24.3 Å². The lowest BCUT2D eigenvalue weighted by atomic mass is 10.0. The van der Waals surface area contributed by atoms with Gasteiger partial charge in [0.2, 0.25) is 0 Å². The third-order valence-corrected chi connectivity index (χ3v) is 7.76. The Bertz CT molecular complexity index is 1650. The lowest BCUT2D eigenvalue weighted by Crippen LogP contribution is -2.30. The standard InChI is InChI=1S/C32H31Cl2N3O5/c1-18(2)36-27(24-15-21(8-12-28(24)41-4)31(39)35-42-14-13-38)17-25-30(36)29(20-6-10-22(33)11-7-20)37(32(25)40)26-16-23(34)9-5-19(26)3/h5-12,15-18,29,38H,13-14H2,1-4H3,(H,35,39). The van der Waals surface area contributed by atoms with E-state index in [0.717, 1.165) is 28.2 Å². The minimum atomic E-state index is -0.472. The lowest BCUT2D eigenvalue weighted by molar-refractivity contribution is 0.0168. The molecule has 1 unspecified atom stereocenters. The van der Waals surface area contributed by atoms with Crippen molar-refractivity contribution in [2.24, 2.45) is 0 Å². The summed E-state index contributed by atoms with van der Waals surface area (Å²) >= 11 is 12.7. The molecule has 0 saturated heterocycles. The number of nitrogens with zero attached hydrogens (tertiary/aromatic N) is 2. The summed E-state index contributed by atoms with van der Waals surface area (Å²) in [7, 11) is 1.56. The van der Waals surface area contributed by atoms with Crippen LogP contribution in [-0.4, -0.2) is 41.8 Å². The van der Waals surface area contributed by atoms with Crippen LogP contribution in [-0.2, 0) is 4.84 Å². The molecule has 4 aromatic rings. The number of rotatable bonds is 9. The van der Waals surface area contributed by atoms with Crippen molar-refractivity contribution in [1.29, 1.82) is 0 Å². The van der Waals surface area contributed by atoms with Crippen molar-refractivity contribution in [2.45, 2.75) is 32.9 Å². The Labute approximate surface area is 254 Å². The number of amides is 2. The average Bonchev–Trinajstić information content (AvgIpc) is 3.49. The Morgan fingerprint density at radius 3 is 2.38 bits per heavy atom. The van der Waals surface area contributed by atoms with Gasteiger partial charge in [0, 0.05) is 32.9 Å². The summed E-state index contributed by atoms with van der Waals surface area (Å²) in [4.78, 5) is 33.9. The fourth-order valence-corrected chi connectivity index (χ4v) is 5.73. The zero-order valence-electron chi connectivity index (χ0n) is 23.7. The van der Waals surface area contributed by atoms with Gasteiger partial charge >= 0.3 is 0 Å². The Kier molecular flexibility index (Phi) is 8.61. The maximum Gasteiger partial charge on any atom is 0.274 e. The predicted molar refractivity (Wildman–Crippen MR) is 164 cm³/mol. The van der Waals surface area contributed by atoms with Crippen molar-refractivity contribution in [2.75, 3.05) is 25.2 Å². The first-order valence-electron chi connectivity index (χ1n) is 13.5. The number of halogens is 2. The number of hydroxylamine groups is 1. The number of ether oxygens (including phenoxy) is 1. The first-order chi connectivity index (χ1) is 20.2. The molecule has 0 fully saturated rings. The molecular formula is C32H31Cl2N3O5. The van der Waals surface area contributed by atoms with Gasteiger partial charge in [0.1, 0.15) is 11.8 Å². The molecule has 10 heteroatoms. The molecule has 0 radical (unpaired) electrons. The van der Waals surface area contributed by atoms with Crippen molar-refractivity contribution in [3.63, 3.8) is 0 Å². The molecule has 8 nitrogen and oxygen atoms in total. The van der Waals surface area contributed by atoms with E-state index in [1.807, 2.05) is 69.3 Å². The maximum atomic E-state index is 14.3. The molecule has 0 saturated carbocycles. The predicted octanol–water partition coefficient (Wildman–Crippen LogP) is 6.76. The van der Waals surface area contributed by atoms with Gasteiger partial charge in [-0.05, 0) is 80.4 Å². The molecule has 1 aliphatic heterocycles. The van der Waals surface area contributed by atoms with Crippen molar-refractivity contribution in [3.05, 3.63) is 105 Å².